The van der Waals surface area contributed by atoms with E-state index in [9.17, 15) is 14.4 Å². The number of anilines is 2. The number of nitrogens with zero attached hydrogens (tertiary/aromatic N) is 4. The van der Waals surface area contributed by atoms with Crippen molar-refractivity contribution in [3.8, 4) is 11.8 Å². The van der Waals surface area contributed by atoms with Crippen LogP contribution in [0.15, 0.2) is 66.7 Å². The topological polar surface area (TPSA) is 95.6 Å². The second-order valence-corrected chi connectivity index (χ2v) is 10.1. The summed E-state index contributed by atoms with van der Waals surface area (Å²) in [7, 11) is 0. The van der Waals surface area contributed by atoms with Gasteiger partial charge in [-0.3, -0.25) is 4.79 Å². The average Bonchev–Trinajstić information content (AvgIpc) is 3.49. The number of nitrogens with one attached hydrogen (secondary N) is 2. The van der Waals surface area contributed by atoms with Crippen LogP contribution < -0.4 is 10.6 Å². The first-order valence-electron chi connectivity index (χ1n) is 11.9. The molecule has 5 rings (SSSR count). The van der Waals surface area contributed by atoms with Gasteiger partial charge in [-0.15, -0.1) is 0 Å². The Labute approximate surface area is 227 Å². The largest absolute Gasteiger partial charge is 0.369 e. The quantitative estimate of drug-likeness (QED) is 0.160. The molecule has 0 radical (unpaired) electrons. The van der Waals surface area contributed by atoms with Gasteiger partial charge in [-0.25, -0.2) is 14.1 Å². The van der Waals surface area contributed by atoms with Crippen LogP contribution in [0.2, 0.25) is 5.02 Å². The smallest absolute Gasteiger partial charge is 0.214 e. The molecule has 2 N–H and O–H groups in total. The van der Waals surface area contributed by atoms with Gasteiger partial charge in [0, 0.05) is 23.7 Å². The lowest BCUT2D eigenvalue weighted by Gasteiger charge is -2.10. The fourth-order valence-corrected chi connectivity index (χ4v) is 4.96. The lowest BCUT2D eigenvalue weighted by molar-refractivity contribution is 0.103. The number of aryl methyl sites for hydroxylation is 1. The summed E-state index contributed by atoms with van der Waals surface area (Å²) in [6.45, 7) is 3.04. The number of rotatable bonds is 9. The molecule has 190 valence electrons. The van der Waals surface area contributed by atoms with E-state index in [4.69, 9.17) is 11.6 Å². The minimum Gasteiger partial charge on any atom is -0.369 e. The number of fused-ring (bicyclic) bond motifs is 1. The second-order valence-electron chi connectivity index (χ2n) is 8.61. The number of carbonyl (C=O) groups excluding carboxylic acids is 1. The van der Waals surface area contributed by atoms with Crippen molar-refractivity contribution in [2.24, 2.45) is 0 Å². The molecule has 0 fully saturated rings. The molecule has 0 unspecified atom stereocenters. The van der Waals surface area contributed by atoms with Gasteiger partial charge in [0.25, 0.3) is 0 Å². The van der Waals surface area contributed by atoms with Crippen LogP contribution in [0.25, 0.3) is 15.9 Å². The van der Waals surface area contributed by atoms with Crippen LogP contribution in [-0.2, 0) is 0 Å². The van der Waals surface area contributed by atoms with E-state index in [1.54, 1.807) is 47.1 Å². The van der Waals surface area contributed by atoms with Crippen molar-refractivity contribution < 1.29 is 9.18 Å². The van der Waals surface area contributed by atoms with Gasteiger partial charge < -0.3 is 10.6 Å². The molecule has 2 aromatic heterocycles. The number of aromatic nitrogens is 3. The Bertz CT molecular complexity index is 1650. The monoisotopic (exact) mass is 544 g/mol. The van der Waals surface area contributed by atoms with Crippen molar-refractivity contribution in [1.29, 1.82) is 5.26 Å². The zero-order chi connectivity index (χ0) is 26.6. The highest BCUT2D eigenvalue weighted by atomic mass is 35.5. The van der Waals surface area contributed by atoms with Crippen molar-refractivity contribution in [1.82, 2.24) is 14.8 Å². The molecule has 0 aliphatic carbocycles. The molecule has 0 spiro atoms. The third-order valence-electron chi connectivity index (χ3n) is 5.87. The summed E-state index contributed by atoms with van der Waals surface area (Å²) in [5.74, 6) is -0.185. The van der Waals surface area contributed by atoms with E-state index in [1.165, 1.54) is 23.5 Å². The number of halogens is 2. The highest BCUT2D eigenvalue weighted by Crippen LogP contribution is 2.28. The van der Waals surface area contributed by atoms with Crippen molar-refractivity contribution in [2.75, 3.05) is 23.7 Å². The van der Waals surface area contributed by atoms with Crippen molar-refractivity contribution in [2.45, 2.75) is 13.3 Å². The zero-order valence-electron chi connectivity index (χ0n) is 20.3. The fraction of sp³-hybridized carbons (Fsp3) is 0.143. The molecule has 3 aromatic carbocycles. The molecule has 0 atom stereocenters. The Morgan fingerprint density at radius 1 is 1.08 bits per heavy atom. The van der Waals surface area contributed by atoms with E-state index >= 15 is 0 Å². The minimum atomic E-state index is -0.328. The predicted octanol–water partition coefficient (Wildman–Crippen LogP) is 6.60. The normalized spacial score (nSPS) is 10.9. The first kappa shape index (κ1) is 25.4. The molecule has 0 amide bonds. The Morgan fingerprint density at radius 3 is 2.55 bits per heavy atom. The SMILES string of the molecule is Cc1ccc(C(=O)c2nn(-c3ccc(Cl)cc3)c(NCCCNc3nc4ccc(F)cc4s3)c2C#N)cc1. The zero-order valence-corrected chi connectivity index (χ0v) is 21.9. The molecule has 0 saturated carbocycles. The van der Waals surface area contributed by atoms with E-state index in [-0.39, 0.29) is 22.9 Å². The molecule has 0 aliphatic rings. The molecule has 38 heavy (non-hydrogen) atoms. The molecular formula is C28H22ClFN6OS. The molecule has 0 bridgehead atoms. The molecule has 0 saturated heterocycles. The highest BCUT2D eigenvalue weighted by molar-refractivity contribution is 7.22. The summed E-state index contributed by atoms with van der Waals surface area (Å²) in [5, 5.41) is 22.4. The number of nitriles is 1. The minimum absolute atomic E-state index is 0.0774. The van der Waals surface area contributed by atoms with Gasteiger partial charge in [0.05, 0.1) is 15.9 Å². The van der Waals surface area contributed by atoms with E-state index in [0.717, 1.165) is 15.8 Å². The Hall–Kier alpha value is -4.26. The number of ketones is 1. The van der Waals surface area contributed by atoms with Crippen LogP contribution >= 0.6 is 22.9 Å². The highest BCUT2D eigenvalue weighted by Gasteiger charge is 2.25. The predicted molar refractivity (Wildman–Crippen MR) is 149 cm³/mol. The number of hydrogen-bond acceptors (Lipinski definition) is 7. The molecular weight excluding hydrogens is 523 g/mol. The maximum atomic E-state index is 13.5. The van der Waals surface area contributed by atoms with Gasteiger partial charge in [0.1, 0.15) is 23.3 Å². The summed E-state index contributed by atoms with van der Waals surface area (Å²) >= 11 is 7.46. The number of benzene rings is 3. The number of hydrogen-bond donors (Lipinski definition) is 2. The second kappa shape index (κ2) is 11.0. The lowest BCUT2D eigenvalue weighted by atomic mass is 10.0. The van der Waals surface area contributed by atoms with Crippen LogP contribution in [0.3, 0.4) is 0 Å². The van der Waals surface area contributed by atoms with E-state index in [0.29, 0.717) is 46.7 Å². The average molecular weight is 545 g/mol. The van der Waals surface area contributed by atoms with Crippen LogP contribution in [0, 0.1) is 24.1 Å². The van der Waals surface area contributed by atoms with Gasteiger partial charge in [-0.05, 0) is 55.8 Å². The third kappa shape index (κ3) is 5.37. The standard InChI is InChI=1S/C28H22ClFN6OS/c1-17-3-5-18(6-4-17)26(37)25-22(16-31)27(36(35-25)21-10-7-19(29)8-11-21)32-13-2-14-33-28-34-23-12-9-20(30)15-24(23)38-28/h3-12,15,32H,2,13-14H2,1H3,(H,33,34). The molecule has 5 aromatic rings. The first-order chi connectivity index (χ1) is 18.4. The van der Waals surface area contributed by atoms with Gasteiger partial charge in [0.2, 0.25) is 5.78 Å². The number of carbonyl (C=O) groups is 1. The van der Waals surface area contributed by atoms with Crippen molar-refractivity contribution >= 4 is 49.9 Å². The molecule has 10 heteroatoms. The Kier molecular flexibility index (Phi) is 7.36. The Morgan fingerprint density at radius 2 is 1.82 bits per heavy atom. The molecule has 7 nitrogen and oxygen atoms in total. The summed E-state index contributed by atoms with van der Waals surface area (Å²) in [5.41, 5.74) is 3.15. The van der Waals surface area contributed by atoms with Gasteiger partial charge in [0.15, 0.2) is 10.8 Å². The molecule has 0 aliphatic heterocycles. The van der Waals surface area contributed by atoms with Gasteiger partial charge in [-0.1, -0.05) is 52.8 Å². The number of thiazole rings is 1. The first-order valence-corrected chi connectivity index (χ1v) is 13.1. The summed E-state index contributed by atoms with van der Waals surface area (Å²) in [6.07, 6.45) is 0.683. The van der Waals surface area contributed by atoms with E-state index in [2.05, 4.69) is 26.8 Å². The maximum Gasteiger partial charge on any atom is 0.214 e. The maximum absolute atomic E-state index is 13.5. The summed E-state index contributed by atoms with van der Waals surface area (Å²) in [4.78, 5) is 17.8. The molecule has 2 heterocycles. The van der Waals surface area contributed by atoms with Crippen molar-refractivity contribution in [3.05, 3.63) is 100.0 Å². The van der Waals surface area contributed by atoms with Gasteiger partial charge in [-0.2, -0.15) is 10.4 Å². The fourth-order valence-electron chi connectivity index (χ4n) is 3.92. The Balaban J connectivity index is 1.35. The summed E-state index contributed by atoms with van der Waals surface area (Å²) in [6, 6.07) is 20.9. The summed E-state index contributed by atoms with van der Waals surface area (Å²) < 4.78 is 15.8. The lowest BCUT2D eigenvalue weighted by Crippen LogP contribution is -2.12. The van der Waals surface area contributed by atoms with E-state index in [1.807, 2.05) is 19.1 Å². The van der Waals surface area contributed by atoms with Crippen molar-refractivity contribution in [3.63, 3.8) is 0 Å². The van der Waals surface area contributed by atoms with Crippen LogP contribution in [0.1, 0.15) is 33.6 Å². The van der Waals surface area contributed by atoms with Crippen LogP contribution in [0.4, 0.5) is 15.3 Å². The van der Waals surface area contributed by atoms with E-state index < -0.39 is 0 Å². The van der Waals surface area contributed by atoms with Crippen LogP contribution in [0.5, 0.6) is 0 Å². The third-order valence-corrected chi connectivity index (χ3v) is 7.10. The van der Waals surface area contributed by atoms with Crippen LogP contribution in [-0.4, -0.2) is 33.6 Å². The van der Waals surface area contributed by atoms with Gasteiger partial charge >= 0.3 is 0 Å².